The number of amides is 1. The summed E-state index contributed by atoms with van der Waals surface area (Å²) >= 11 is 0. The zero-order valence-corrected chi connectivity index (χ0v) is 18.7. The van der Waals surface area contributed by atoms with Gasteiger partial charge in [-0.1, -0.05) is 0 Å². The van der Waals surface area contributed by atoms with E-state index in [1.807, 2.05) is 18.2 Å². The summed E-state index contributed by atoms with van der Waals surface area (Å²) in [5.41, 5.74) is 2.99. The van der Waals surface area contributed by atoms with E-state index in [1.165, 1.54) is 0 Å². The fraction of sp³-hybridized carbons (Fsp3) is 0.480. The summed E-state index contributed by atoms with van der Waals surface area (Å²) in [6.07, 6.45) is 5.37. The molecule has 3 saturated heterocycles. The molecule has 33 heavy (non-hydrogen) atoms. The first-order chi connectivity index (χ1) is 16.2. The number of hydrogen-bond acceptors (Lipinski definition) is 7. The molecule has 3 aliphatic rings. The summed E-state index contributed by atoms with van der Waals surface area (Å²) in [5, 5.41) is 3.10. The minimum absolute atomic E-state index is 0.0178. The normalized spacial score (nSPS) is 26.3. The summed E-state index contributed by atoms with van der Waals surface area (Å²) in [6, 6.07) is 9.31. The molecule has 8 nitrogen and oxygen atoms in total. The molecule has 1 N–H and O–H groups in total. The molecule has 0 saturated carbocycles. The van der Waals surface area contributed by atoms with Crippen LogP contribution in [0.4, 0.5) is 11.4 Å². The lowest BCUT2D eigenvalue weighted by Crippen LogP contribution is -2.37. The van der Waals surface area contributed by atoms with Crippen LogP contribution in [0.5, 0.6) is 0 Å². The van der Waals surface area contributed by atoms with Gasteiger partial charge in [0.05, 0.1) is 49.2 Å². The number of ether oxygens (including phenoxy) is 3. The summed E-state index contributed by atoms with van der Waals surface area (Å²) in [5.74, 6) is -0.663. The van der Waals surface area contributed by atoms with Crippen LogP contribution in [-0.4, -0.2) is 62.0 Å². The predicted octanol–water partition coefficient (Wildman–Crippen LogP) is 2.99. The van der Waals surface area contributed by atoms with E-state index in [4.69, 9.17) is 14.2 Å². The summed E-state index contributed by atoms with van der Waals surface area (Å²) in [4.78, 5) is 32.2. The van der Waals surface area contributed by atoms with Crippen molar-refractivity contribution in [1.82, 2.24) is 4.98 Å². The lowest BCUT2D eigenvalue weighted by molar-refractivity contribution is -0.121. The molecule has 2 aromatic rings. The number of nitrogens with one attached hydrogen (secondary N) is 1. The molecule has 0 radical (unpaired) electrons. The van der Waals surface area contributed by atoms with E-state index >= 15 is 0 Å². The second-order valence-corrected chi connectivity index (χ2v) is 8.66. The van der Waals surface area contributed by atoms with Gasteiger partial charge in [0.2, 0.25) is 5.91 Å². The molecule has 2 bridgehead atoms. The first-order valence-corrected chi connectivity index (χ1v) is 11.7. The number of morpholine rings is 1. The highest BCUT2D eigenvalue weighted by Gasteiger charge is 2.52. The zero-order chi connectivity index (χ0) is 22.8. The van der Waals surface area contributed by atoms with Crippen LogP contribution < -0.4 is 10.2 Å². The number of esters is 1. The van der Waals surface area contributed by atoms with Crippen molar-refractivity contribution in [2.45, 2.75) is 37.9 Å². The van der Waals surface area contributed by atoms with Crippen LogP contribution in [0.15, 0.2) is 42.7 Å². The Bertz CT molecular complexity index is 1010. The van der Waals surface area contributed by atoms with Crippen LogP contribution in [0.2, 0.25) is 0 Å². The van der Waals surface area contributed by atoms with Crippen molar-refractivity contribution in [2.75, 3.05) is 43.1 Å². The van der Waals surface area contributed by atoms with Crippen LogP contribution in [0.25, 0.3) is 0 Å². The highest BCUT2D eigenvalue weighted by molar-refractivity contribution is 5.99. The lowest BCUT2D eigenvalue weighted by Gasteiger charge is -2.31. The number of benzene rings is 1. The third-order valence-electron chi connectivity index (χ3n) is 6.78. The molecular formula is C25H29N3O5. The van der Waals surface area contributed by atoms with Gasteiger partial charge in [0.25, 0.3) is 0 Å². The van der Waals surface area contributed by atoms with E-state index in [2.05, 4.69) is 15.2 Å². The summed E-state index contributed by atoms with van der Waals surface area (Å²) < 4.78 is 16.9. The number of carbonyl (C=O) groups is 2. The number of rotatable bonds is 6. The highest BCUT2D eigenvalue weighted by atomic mass is 16.5. The van der Waals surface area contributed by atoms with Gasteiger partial charge in [-0.25, -0.2) is 4.79 Å². The van der Waals surface area contributed by atoms with Gasteiger partial charge in [-0.15, -0.1) is 0 Å². The van der Waals surface area contributed by atoms with Crippen LogP contribution in [0.3, 0.4) is 0 Å². The second-order valence-electron chi connectivity index (χ2n) is 8.66. The van der Waals surface area contributed by atoms with Gasteiger partial charge in [-0.05, 0) is 55.7 Å². The Kier molecular flexibility index (Phi) is 6.28. The number of pyridine rings is 1. The van der Waals surface area contributed by atoms with Crippen LogP contribution in [0.1, 0.15) is 41.6 Å². The molecule has 0 aliphatic carbocycles. The van der Waals surface area contributed by atoms with Crippen LogP contribution in [-0.2, 0) is 19.0 Å². The van der Waals surface area contributed by atoms with Gasteiger partial charge in [-0.3, -0.25) is 9.78 Å². The molecule has 4 heterocycles. The SMILES string of the molecule is CCOC(=O)c1ccc(NC(=O)C2C3CCC(O3)[C@H]2c2ccncc2)cc1N1CCOCC1. The molecule has 3 aliphatic heterocycles. The zero-order valence-electron chi connectivity index (χ0n) is 18.7. The van der Waals surface area contributed by atoms with E-state index < -0.39 is 0 Å². The molecule has 0 spiro atoms. The Morgan fingerprint density at radius 2 is 1.88 bits per heavy atom. The first-order valence-electron chi connectivity index (χ1n) is 11.7. The van der Waals surface area contributed by atoms with Crippen molar-refractivity contribution in [3.63, 3.8) is 0 Å². The third kappa shape index (κ3) is 4.32. The molecule has 4 atom stereocenters. The predicted molar refractivity (Wildman–Crippen MR) is 122 cm³/mol. The van der Waals surface area contributed by atoms with Crippen molar-refractivity contribution in [1.29, 1.82) is 0 Å². The van der Waals surface area contributed by atoms with Gasteiger partial charge >= 0.3 is 5.97 Å². The minimum atomic E-state index is -0.365. The average molecular weight is 452 g/mol. The van der Waals surface area contributed by atoms with Crippen LogP contribution in [0, 0.1) is 5.92 Å². The maximum atomic E-state index is 13.5. The number of nitrogens with zero attached hydrogens (tertiary/aromatic N) is 2. The number of anilines is 2. The smallest absolute Gasteiger partial charge is 0.340 e. The van der Waals surface area contributed by atoms with Gasteiger partial charge in [0, 0.05) is 37.1 Å². The average Bonchev–Trinajstić information content (AvgIpc) is 3.47. The molecule has 5 rings (SSSR count). The molecule has 1 aromatic carbocycles. The number of hydrogen-bond donors (Lipinski definition) is 1. The molecule has 3 fully saturated rings. The summed E-state index contributed by atoms with van der Waals surface area (Å²) in [6.45, 7) is 4.63. The highest BCUT2D eigenvalue weighted by Crippen LogP contribution is 2.49. The Hall–Kier alpha value is -2.97. The number of carbonyl (C=O) groups excluding carboxylic acids is 2. The van der Waals surface area contributed by atoms with Gasteiger partial charge in [0.15, 0.2) is 0 Å². The van der Waals surface area contributed by atoms with Crippen molar-refractivity contribution in [3.8, 4) is 0 Å². The molecule has 8 heteroatoms. The summed E-state index contributed by atoms with van der Waals surface area (Å²) in [7, 11) is 0. The molecule has 174 valence electrons. The molecule has 3 unspecified atom stereocenters. The maximum Gasteiger partial charge on any atom is 0.340 e. The van der Waals surface area contributed by atoms with E-state index in [1.54, 1.807) is 31.5 Å². The number of aromatic nitrogens is 1. The lowest BCUT2D eigenvalue weighted by atomic mass is 9.75. The first kappa shape index (κ1) is 21.9. The van der Waals surface area contributed by atoms with E-state index in [0.29, 0.717) is 44.2 Å². The monoisotopic (exact) mass is 451 g/mol. The maximum absolute atomic E-state index is 13.5. The second kappa shape index (κ2) is 9.49. The Balaban J connectivity index is 1.40. The van der Waals surface area contributed by atoms with E-state index in [-0.39, 0.29) is 35.9 Å². The fourth-order valence-electron chi connectivity index (χ4n) is 5.30. The van der Waals surface area contributed by atoms with Crippen molar-refractivity contribution in [2.24, 2.45) is 5.92 Å². The topological polar surface area (TPSA) is 90.0 Å². The fourth-order valence-corrected chi connectivity index (χ4v) is 5.30. The number of fused-ring (bicyclic) bond motifs is 2. The molecule has 1 amide bonds. The van der Waals surface area contributed by atoms with Crippen molar-refractivity contribution in [3.05, 3.63) is 53.9 Å². The van der Waals surface area contributed by atoms with Gasteiger partial charge in [0.1, 0.15) is 0 Å². The Morgan fingerprint density at radius 1 is 1.12 bits per heavy atom. The van der Waals surface area contributed by atoms with Crippen molar-refractivity contribution < 1.29 is 23.8 Å². The van der Waals surface area contributed by atoms with Gasteiger partial charge < -0.3 is 24.4 Å². The Labute approximate surface area is 193 Å². The standard InChI is InChI=1S/C25H29N3O5/c1-2-32-25(30)18-4-3-17(15-19(18)28-11-13-31-14-12-28)27-24(29)23-21-6-5-20(33-21)22(23)16-7-9-26-10-8-16/h3-4,7-10,15,20-23H,2,5-6,11-14H2,1H3,(H,27,29)/t20?,21?,22-,23?/m1/s1. The van der Waals surface area contributed by atoms with Crippen LogP contribution >= 0.6 is 0 Å². The van der Waals surface area contributed by atoms with E-state index in [9.17, 15) is 9.59 Å². The minimum Gasteiger partial charge on any atom is -0.462 e. The third-order valence-corrected chi connectivity index (χ3v) is 6.78. The molecule has 1 aromatic heterocycles. The molecular weight excluding hydrogens is 422 g/mol. The largest absolute Gasteiger partial charge is 0.462 e. The van der Waals surface area contributed by atoms with Crippen molar-refractivity contribution >= 4 is 23.3 Å². The van der Waals surface area contributed by atoms with E-state index in [0.717, 1.165) is 24.1 Å². The Morgan fingerprint density at radius 3 is 2.64 bits per heavy atom. The van der Waals surface area contributed by atoms with Gasteiger partial charge in [-0.2, -0.15) is 0 Å². The quantitative estimate of drug-likeness (QED) is 0.676.